The van der Waals surface area contributed by atoms with Crippen molar-refractivity contribution in [3.8, 4) is 23.0 Å². The second-order valence-corrected chi connectivity index (χ2v) is 7.57. The van der Waals surface area contributed by atoms with E-state index in [1.807, 2.05) is 6.07 Å². The number of rotatable bonds is 6. The molecule has 28 heavy (non-hydrogen) atoms. The van der Waals surface area contributed by atoms with Gasteiger partial charge in [0.15, 0.2) is 23.0 Å². The van der Waals surface area contributed by atoms with E-state index in [0.29, 0.717) is 6.04 Å². The Balaban J connectivity index is 0.00000280. The average Bonchev–Trinajstić information content (AvgIpc) is 2.68. The van der Waals surface area contributed by atoms with Crippen LogP contribution in [0.2, 0.25) is 0 Å². The number of hydrogen-bond acceptors (Lipinski definition) is 4. The zero-order valence-electron chi connectivity index (χ0n) is 17.6. The van der Waals surface area contributed by atoms with Crippen molar-refractivity contribution < 1.29 is 23.4 Å². The third-order valence-electron chi connectivity index (χ3n) is 5.68. The van der Waals surface area contributed by atoms with Crippen LogP contribution < -0.4 is 18.9 Å². The molecule has 3 rings (SSSR count). The zero-order valence-corrected chi connectivity index (χ0v) is 19.9. The van der Waals surface area contributed by atoms with Crippen LogP contribution in [0.1, 0.15) is 22.7 Å². The zero-order chi connectivity index (χ0) is 19.6. The van der Waals surface area contributed by atoms with Gasteiger partial charge in [-0.1, -0.05) is 6.07 Å². The first-order chi connectivity index (χ1) is 12.9. The summed E-state index contributed by atoms with van der Waals surface area (Å²) >= 11 is 0. The van der Waals surface area contributed by atoms with Crippen molar-refractivity contribution in [2.45, 2.75) is 18.9 Å². The van der Waals surface area contributed by atoms with Crippen LogP contribution in [0.5, 0.6) is 23.0 Å². The van der Waals surface area contributed by atoms with Crippen molar-refractivity contribution in [3.05, 3.63) is 47.0 Å². The largest absolute Gasteiger partial charge is 0.493 e. The minimum Gasteiger partial charge on any atom is -0.493 e. The Morgan fingerprint density at radius 2 is 1.39 bits per heavy atom. The number of nitrogens with zero attached hydrogens (tertiary/aromatic N) is 1. The fraction of sp³-hybridized carbons (Fsp3) is 0.455. The first kappa shape index (κ1) is 22.6. The summed E-state index contributed by atoms with van der Waals surface area (Å²) in [4.78, 5) is 0. The van der Waals surface area contributed by atoms with Gasteiger partial charge in [0.05, 0.1) is 49.1 Å². The molecule has 1 unspecified atom stereocenters. The van der Waals surface area contributed by atoms with Crippen molar-refractivity contribution in [1.29, 1.82) is 0 Å². The third kappa shape index (κ3) is 4.33. The second kappa shape index (κ2) is 9.22. The predicted molar refractivity (Wildman–Crippen MR) is 122 cm³/mol. The van der Waals surface area contributed by atoms with Gasteiger partial charge >= 0.3 is 0 Å². The van der Waals surface area contributed by atoms with Gasteiger partial charge in [0.25, 0.3) is 0 Å². The molecular formula is C22H31INO4+. The summed E-state index contributed by atoms with van der Waals surface area (Å²) in [7, 11) is 11.3. The van der Waals surface area contributed by atoms with Crippen LogP contribution >= 0.6 is 24.0 Å². The van der Waals surface area contributed by atoms with E-state index in [4.69, 9.17) is 18.9 Å². The van der Waals surface area contributed by atoms with Gasteiger partial charge in [0, 0.05) is 18.4 Å². The molecule has 0 amide bonds. The number of quaternary nitrogens is 1. The highest BCUT2D eigenvalue weighted by molar-refractivity contribution is 14.0. The Kier molecular flexibility index (Phi) is 7.45. The second-order valence-electron chi connectivity index (χ2n) is 7.57. The maximum absolute atomic E-state index is 5.57. The Morgan fingerprint density at radius 1 is 0.821 bits per heavy atom. The fourth-order valence-electron chi connectivity index (χ4n) is 3.99. The van der Waals surface area contributed by atoms with Crippen molar-refractivity contribution in [3.63, 3.8) is 0 Å². The number of hydrogen-bond donors (Lipinski definition) is 0. The standard InChI is InChI=1S/C22H30NO4.HI/c1-23(2)10-9-16-13-21(26-5)22(27-6)14-17(16)18(23)11-15-7-8-19(24-3)20(12-15)25-4;/h7-8,12-14,18H,9-11H2,1-6H3;1H/q+1;. The number of fused-ring (bicyclic) bond motifs is 1. The van der Waals surface area contributed by atoms with Gasteiger partial charge in [-0.05, 0) is 35.4 Å². The molecule has 0 N–H and O–H groups in total. The number of ether oxygens (including phenoxy) is 4. The lowest BCUT2D eigenvalue weighted by atomic mass is 9.87. The monoisotopic (exact) mass is 500 g/mol. The SMILES string of the molecule is COc1ccc(CC2c3cc(OC)c(OC)cc3CC[N+]2(C)C)cc1OC.I. The average molecular weight is 500 g/mol. The smallest absolute Gasteiger partial charge is 0.161 e. The Labute approximate surface area is 185 Å². The van der Waals surface area contributed by atoms with Gasteiger partial charge in [0.2, 0.25) is 0 Å². The molecule has 0 aliphatic carbocycles. The summed E-state index contributed by atoms with van der Waals surface area (Å²) in [5.41, 5.74) is 3.90. The number of halogens is 1. The van der Waals surface area contributed by atoms with Gasteiger partial charge in [-0.2, -0.15) is 0 Å². The quantitative estimate of drug-likeness (QED) is 0.439. The molecule has 2 aromatic carbocycles. The molecule has 1 aliphatic rings. The molecule has 154 valence electrons. The Morgan fingerprint density at radius 3 is 2.00 bits per heavy atom. The van der Waals surface area contributed by atoms with E-state index in [1.54, 1.807) is 28.4 Å². The lowest BCUT2D eigenvalue weighted by Gasteiger charge is -2.43. The number of methoxy groups -OCH3 is 4. The molecule has 0 bridgehead atoms. The van der Waals surface area contributed by atoms with Crippen LogP contribution in [-0.4, -0.2) is 53.6 Å². The summed E-state index contributed by atoms with van der Waals surface area (Å²) in [6.07, 6.45) is 1.95. The lowest BCUT2D eigenvalue weighted by molar-refractivity contribution is -0.923. The van der Waals surface area contributed by atoms with Gasteiger partial charge in [-0.3, -0.25) is 0 Å². The molecule has 0 spiro atoms. The first-order valence-electron chi connectivity index (χ1n) is 9.22. The summed E-state index contributed by atoms with van der Waals surface area (Å²) in [6.45, 7) is 1.08. The molecule has 5 nitrogen and oxygen atoms in total. The van der Waals surface area contributed by atoms with E-state index >= 15 is 0 Å². The molecule has 0 aromatic heterocycles. The molecule has 1 heterocycles. The lowest BCUT2D eigenvalue weighted by Crippen LogP contribution is -2.48. The van der Waals surface area contributed by atoms with Gasteiger partial charge in [-0.15, -0.1) is 24.0 Å². The van der Waals surface area contributed by atoms with E-state index in [-0.39, 0.29) is 24.0 Å². The Bertz CT molecular complexity index is 822. The van der Waals surface area contributed by atoms with Crippen LogP contribution in [0, 0.1) is 0 Å². The molecule has 6 heteroatoms. The minimum absolute atomic E-state index is 0. The molecular weight excluding hydrogens is 469 g/mol. The first-order valence-corrected chi connectivity index (χ1v) is 9.22. The van der Waals surface area contributed by atoms with E-state index in [2.05, 4.69) is 38.4 Å². The highest BCUT2D eigenvalue weighted by Crippen LogP contribution is 2.42. The number of benzene rings is 2. The topological polar surface area (TPSA) is 36.9 Å². The van der Waals surface area contributed by atoms with Gasteiger partial charge < -0.3 is 23.4 Å². The third-order valence-corrected chi connectivity index (χ3v) is 5.68. The van der Waals surface area contributed by atoms with Crippen molar-refractivity contribution in [2.24, 2.45) is 0 Å². The van der Waals surface area contributed by atoms with Gasteiger partial charge in [0.1, 0.15) is 6.04 Å². The molecule has 0 saturated carbocycles. The molecule has 0 radical (unpaired) electrons. The van der Waals surface area contributed by atoms with Crippen LogP contribution in [0.4, 0.5) is 0 Å². The van der Waals surface area contributed by atoms with E-state index < -0.39 is 0 Å². The van der Waals surface area contributed by atoms with Crippen LogP contribution in [0.25, 0.3) is 0 Å². The van der Waals surface area contributed by atoms with Crippen molar-refractivity contribution in [1.82, 2.24) is 0 Å². The summed E-state index contributed by atoms with van der Waals surface area (Å²) in [6, 6.07) is 10.8. The maximum atomic E-state index is 5.57. The minimum atomic E-state index is 0. The van der Waals surface area contributed by atoms with Gasteiger partial charge in [-0.25, -0.2) is 0 Å². The van der Waals surface area contributed by atoms with Crippen molar-refractivity contribution >= 4 is 24.0 Å². The van der Waals surface area contributed by atoms with Crippen LogP contribution in [0.15, 0.2) is 30.3 Å². The predicted octanol–water partition coefficient (Wildman–Crippen LogP) is 4.26. The highest BCUT2D eigenvalue weighted by atomic mass is 127. The summed E-state index contributed by atoms with van der Waals surface area (Å²) in [5, 5.41) is 0. The molecule has 1 atom stereocenters. The fourth-order valence-corrected chi connectivity index (χ4v) is 3.99. The van der Waals surface area contributed by atoms with E-state index in [0.717, 1.165) is 46.9 Å². The van der Waals surface area contributed by atoms with E-state index in [9.17, 15) is 0 Å². The van der Waals surface area contributed by atoms with E-state index in [1.165, 1.54) is 16.7 Å². The van der Waals surface area contributed by atoms with Crippen LogP contribution in [-0.2, 0) is 12.8 Å². The molecule has 2 aromatic rings. The Hall–Kier alpha value is -1.67. The number of likely N-dealkylation sites (N-methyl/N-ethyl adjacent to an activating group) is 1. The van der Waals surface area contributed by atoms with Crippen LogP contribution in [0.3, 0.4) is 0 Å². The normalized spacial score (nSPS) is 17.1. The summed E-state index contributed by atoms with van der Waals surface area (Å²) < 4.78 is 22.9. The summed E-state index contributed by atoms with van der Waals surface area (Å²) in [5.74, 6) is 3.11. The molecule has 1 aliphatic heterocycles. The molecule has 0 fully saturated rings. The highest BCUT2D eigenvalue weighted by Gasteiger charge is 2.37. The maximum Gasteiger partial charge on any atom is 0.161 e. The van der Waals surface area contributed by atoms with Crippen molar-refractivity contribution in [2.75, 3.05) is 49.1 Å². The molecule has 0 saturated heterocycles.